The van der Waals surface area contributed by atoms with Crippen LogP contribution in [0.15, 0.2) is 48.5 Å². The summed E-state index contributed by atoms with van der Waals surface area (Å²) >= 11 is 5.85. The van der Waals surface area contributed by atoms with Crippen LogP contribution in [0.2, 0.25) is 5.02 Å². The minimum atomic E-state index is -0.305. The van der Waals surface area contributed by atoms with Gasteiger partial charge in [0.05, 0.1) is 0 Å². The van der Waals surface area contributed by atoms with E-state index < -0.39 is 0 Å². The van der Waals surface area contributed by atoms with Crippen LogP contribution in [0, 0.1) is 5.82 Å². The Bertz CT molecular complexity index is 600. The molecule has 19 heavy (non-hydrogen) atoms. The van der Waals surface area contributed by atoms with E-state index in [0.29, 0.717) is 17.1 Å². The van der Waals surface area contributed by atoms with E-state index >= 15 is 0 Å². The van der Waals surface area contributed by atoms with Crippen LogP contribution in [-0.2, 0) is 6.54 Å². The van der Waals surface area contributed by atoms with Gasteiger partial charge in [0.25, 0.3) is 5.91 Å². The molecule has 0 aliphatic rings. The molecule has 0 unspecified atom stereocenters. The first-order valence-corrected chi connectivity index (χ1v) is 6.19. The molecule has 1 amide bonds. The van der Waals surface area contributed by atoms with Gasteiger partial charge in [0.1, 0.15) is 5.82 Å². The van der Waals surface area contributed by atoms with Crippen molar-refractivity contribution in [1.29, 1.82) is 0 Å². The van der Waals surface area contributed by atoms with Crippen LogP contribution in [0.25, 0.3) is 0 Å². The number of hydrogen-bond donors (Lipinski definition) is 0. The Morgan fingerprint density at radius 2 is 1.95 bits per heavy atom. The van der Waals surface area contributed by atoms with Crippen LogP contribution in [0.1, 0.15) is 15.9 Å². The van der Waals surface area contributed by atoms with Crippen molar-refractivity contribution in [2.75, 3.05) is 7.05 Å². The average Bonchev–Trinajstić information content (AvgIpc) is 2.38. The molecular weight excluding hydrogens is 265 g/mol. The zero-order chi connectivity index (χ0) is 13.8. The van der Waals surface area contributed by atoms with Crippen molar-refractivity contribution >= 4 is 17.5 Å². The molecule has 0 saturated carbocycles. The molecule has 2 aromatic carbocycles. The van der Waals surface area contributed by atoms with Crippen LogP contribution < -0.4 is 0 Å². The van der Waals surface area contributed by atoms with E-state index in [2.05, 4.69) is 0 Å². The highest BCUT2D eigenvalue weighted by Gasteiger charge is 2.12. The van der Waals surface area contributed by atoms with Crippen molar-refractivity contribution in [3.8, 4) is 0 Å². The van der Waals surface area contributed by atoms with Crippen molar-refractivity contribution in [3.05, 3.63) is 70.5 Å². The highest BCUT2D eigenvalue weighted by atomic mass is 35.5. The molecule has 0 fully saturated rings. The molecule has 0 N–H and O–H groups in total. The third kappa shape index (κ3) is 3.55. The fourth-order valence-electron chi connectivity index (χ4n) is 1.82. The maximum absolute atomic E-state index is 13.1. The molecule has 0 bridgehead atoms. The first kappa shape index (κ1) is 13.6. The van der Waals surface area contributed by atoms with Gasteiger partial charge in [0.2, 0.25) is 0 Å². The van der Waals surface area contributed by atoms with E-state index in [4.69, 9.17) is 11.6 Å². The highest BCUT2D eigenvalue weighted by molar-refractivity contribution is 6.30. The predicted molar refractivity (Wildman–Crippen MR) is 73.6 cm³/mol. The van der Waals surface area contributed by atoms with Gasteiger partial charge >= 0.3 is 0 Å². The van der Waals surface area contributed by atoms with Gasteiger partial charge in [0, 0.05) is 24.2 Å². The van der Waals surface area contributed by atoms with E-state index in [-0.39, 0.29) is 11.7 Å². The van der Waals surface area contributed by atoms with Crippen molar-refractivity contribution in [1.82, 2.24) is 4.90 Å². The molecule has 2 nitrogen and oxygen atoms in total. The second kappa shape index (κ2) is 5.85. The highest BCUT2D eigenvalue weighted by Crippen LogP contribution is 2.14. The Morgan fingerprint density at radius 1 is 1.21 bits per heavy atom. The third-order valence-corrected chi connectivity index (χ3v) is 2.96. The normalized spacial score (nSPS) is 10.3. The molecule has 4 heteroatoms. The van der Waals surface area contributed by atoms with E-state index in [1.807, 2.05) is 0 Å². The summed E-state index contributed by atoms with van der Waals surface area (Å²) in [6.07, 6.45) is 0. The maximum atomic E-state index is 13.1. The van der Waals surface area contributed by atoms with Crippen molar-refractivity contribution < 1.29 is 9.18 Å². The molecule has 0 saturated heterocycles. The summed E-state index contributed by atoms with van der Waals surface area (Å²) in [6.45, 7) is 0.350. The molecule has 0 aliphatic carbocycles. The molecule has 2 rings (SSSR count). The minimum absolute atomic E-state index is 0.147. The van der Waals surface area contributed by atoms with Crippen molar-refractivity contribution in [3.63, 3.8) is 0 Å². The largest absolute Gasteiger partial charge is 0.337 e. The molecule has 0 atom stereocenters. The number of rotatable bonds is 3. The van der Waals surface area contributed by atoms with E-state index in [0.717, 1.165) is 5.56 Å². The summed E-state index contributed by atoms with van der Waals surface area (Å²) in [7, 11) is 1.67. The van der Waals surface area contributed by atoms with Gasteiger partial charge in [0.15, 0.2) is 0 Å². The number of hydrogen-bond acceptors (Lipinski definition) is 1. The molecule has 0 heterocycles. The van der Waals surface area contributed by atoms with Gasteiger partial charge in [-0.1, -0.05) is 29.8 Å². The lowest BCUT2D eigenvalue weighted by Gasteiger charge is -2.17. The Labute approximate surface area is 116 Å². The van der Waals surface area contributed by atoms with Crippen LogP contribution >= 0.6 is 11.6 Å². The first-order valence-electron chi connectivity index (χ1n) is 5.82. The SMILES string of the molecule is CN(Cc1cccc(F)c1)C(=O)c1cccc(Cl)c1. The molecule has 0 aliphatic heterocycles. The zero-order valence-electron chi connectivity index (χ0n) is 10.4. The summed E-state index contributed by atoms with van der Waals surface area (Å²) in [5.41, 5.74) is 1.27. The lowest BCUT2D eigenvalue weighted by Crippen LogP contribution is -2.26. The van der Waals surface area contributed by atoms with Gasteiger partial charge in [-0.2, -0.15) is 0 Å². The topological polar surface area (TPSA) is 20.3 Å². The summed E-state index contributed by atoms with van der Waals surface area (Å²) < 4.78 is 13.1. The van der Waals surface area contributed by atoms with E-state index in [1.54, 1.807) is 43.4 Å². The lowest BCUT2D eigenvalue weighted by molar-refractivity contribution is 0.0785. The van der Waals surface area contributed by atoms with Crippen molar-refractivity contribution in [2.45, 2.75) is 6.54 Å². The Morgan fingerprint density at radius 3 is 2.63 bits per heavy atom. The van der Waals surface area contributed by atoms with Crippen LogP contribution in [0.5, 0.6) is 0 Å². The van der Waals surface area contributed by atoms with Gasteiger partial charge in [-0.25, -0.2) is 4.39 Å². The molecule has 2 aromatic rings. The van der Waals surface area contributed by atoms with Gasteiger partial charge in [-0.15, -0.1) is 0 Å². The Hall–Kier alpha value is -1.87. The standard InChI is InChI=1S/C15H13ClFNO/c1-18(10-11-4-2-7-14(17)8-11)15(19)12-5-3-6-13(16)9-12/h2-9H,10H2,1H3. The summed E-state index contributed by atoms with van der Waals surface area (Å²) in [6, 6.07) is 13.0. The lowest BCUT2D eigenvalue weighted by atomic mass is 10.1. The predicted octanol–water partition coefficient (Wildman–Crippen LogP) is 3.75. The van der Waals surface area contributed by atoms with Gasteiger partial charge in [-0.3, -0.25) is 4.79 Å². The number of benzene rings is 2. The average molecular weight is 278 g/mol. The fourth-order valence-corrected chi connectivity index (χ4v) is 2.01. The molecule has 0 aromatic heterocycles. The molecular formula is C15H13ClFNO. The first-order chi connectivity index (χ1) is 9.06. The Balaban J connectivity index is 2.12. The number of amides is 1. The monoisotopic (exact) mass is 277 g/mol. The number of nitrogens with zero attached hydrogens (tertiary/aromatic N) is 1. The maximum Gasteiger partial charge on any atom is 0.253 e. The number of carbonyl (C=O) groups excluding carboxylic acids is 1. The Kier molecular flexibility index (Phi) is 4.17. The number of halogens is 2. The second-order valence-corrected chi connectivity index (χ2v) is 4.74. The van der Waals surface area contributed by atoms with Crippen molar-refractivity contribution in [2.24, 2.45) is 0 Å². The quantitative estimate of drug-likeness (QED) is 0.837. The van der Waals surface area contributed by atoms with Gasteiger partial charge in [-0.05, 0) is 35.9 Å². The summed E-state index contributed by atoms with van der Waals surface area (Å²) in [5, 5.41) is 0.519. The number of carbonyl (C=O) groups is 1. The van der Waals surface area contributed by atoms with Crippen LogP contribution in [0.4, 0.5) is 4.39 Å². The van der Waals surface area contributed by atoms with E-state index in [1.165, 1.54) is 17.0 Å². The molecule has 0 spiro atoms. The summed E-state index contributed by atoms with van der Waals surface area (Å²) in [4.78, 5) is 13.7. The fraction of sp³-hybridized carbons (Fsp3) is 0.133. The van der Waals surface area contributed by atoms with Crippen LogP contribution in [-0.4, -0.2) is 17.9 Å². The minimum Gasteiger partial charge on any atom is -0.337 e. The molecule has 0 radical (unpaired) electrons. The molecule has 98 valence electrons. The smallest absolute Gasteiger partial charge is 0.253 e. The zero-order valence-corrected chi connectivity index (χ0v) is 11.2. The third-order valence-electron chi connectivity index (χ3n) is 2.73. The second-order valence-electron chi connectivity index (χ2n) is 4.30. The van der Waals surface area contributed by atoms with E-state index in [9.17, 15) is 9.18 Å². The van der Waals surface area contributed by atoms with Gasteiger partial charge < -0.3 is 4.90 Å². The summed E-state index contributed by atoms with van der Waals surface area (Å²) in [5.74, 6) is -0.451. The van der Waals surface area contributed by atoms with Crippen LogP contribution in [0.3, 0.4) is 0 Å².